The molecule has 134 valence electrons. The summed E-state index contributed by atoms with van der Waals surface area (Å²) >= 11 is 5.96. The zero-order valence-electron chi connectivity index (χ0n) is 14.3. The molecule has 0 radical (unpaired) electrons. The van der Waals surface area contributed by atoms with E-state index < -0.39 is 10.0 Å². The molecule has 7 heteroatoms. The Morgan fingerprint density at radius 2 is 1.77 bits per heavy atom. The number of nitrogens with zero attached hydrogens (tertiary/aromatic N) is 1. The van der Waals surface area contributed by atoms with E-state index in [0.717, 1.165) is 16.9 Å². The number of hydrogen-bond acceptors (Lipinski definition) is 4. The summed E-state index contributed by atoms with van der Waals surface area (Å²) in [6, 6.07) is 16.0. The Morgan fingerprint density at radius 3 is 2.46 bits per heavy atom. The normalized spacial score (nSPS) is 11.2. The number of sulfonamides is 1. The number of anilines is 3. The second-order valence-corrected chi connectivity index (χ2v) is 8.03. The Hall–Kier alpha value is -2.57. The highest BCUT2D eigenvalue weighted by molar-refractivity contribution is 7.92. The van der Waals surface area contributed by atoms with E-state index in [4.69, 9.17) is 11.6 Å². The van der Waals surface area contributed by atoms with E-state index in [2.05, 4.69) is 15.0 Å². The zero-order chi connectivity index (χ0) is 18.7. The maximum atomic E-state index is 12.6. The van der Waals surface area contributed by atoms with E-state index in [1.807, 2.05) is 25.1 Å². The third-order valence-corrected chi connectivity index (χ3v) is 5.48. The van der Waals surface area contributed by atoms with Gasteiger partial charge in [-0.25, -0.2) is 13.4 Å². The summed E-state index contributed by atoms with van der Waals surface area (Å²) in [5.74, 6) is 0.252. The van der Waals surface area contributed by atoms with Crippen LogP contribution in [0.25, 0.3) is 0 Å². The highest BCUT2D eigenvalue weighted by Gasteiger charge is 2.17. The van der Waals surface area contributed by atoms with Crippen LogP contribution in [-0.2, 0) is 10.0 Å². The van der Waals surface area contributed by atoms with Crippen LogP contribution in [-0.4, -0.2) is 13.4 Å². The molecule has 26 heavy (non-hydrogen) atoms. The lowest BCUT2D eigenvalue weighted by Gasteiger charge is -2.11. The van der Waals surface area contributed by atoms with Crippen molar-refractivity contribution in [3.63, 3.8) is 0 Å². The van der Waals surface area contributed by atoms with Gasteiger partial charge in [-0.05, 0) is 61.4 Å². The van der Waals surface area contributed by atoms with Gasteiger partial charge in [0.2, 0.25) is 0 Å². The van der Waals surface area contributed by atoms with E-state index in [0.29, 0.717) is 10.6 Å². The van der Waals surface area contributed by atoms with Crippen LogP contribution < -0.4 is 10.0 Å². The van der Waals surface area contributed by atoms with Crippen molar-refractivity contribution in [3.8, 4) is 0 Å². The van der Waals surface area contributed by atoms with Gasteiger partial charge >= 0.3 is 0 Å². The lowest BCUT2D eigenvalue weighted by molar-refractivity contribution is 0.600. The molecule has 1 heterocycles. The first-order valence-electron chi connectivity index (χ1n) is 7.92. The number of halogens is 1. The van der Waals surface area contributed by atoms with Crippen LogP contribution in [0.15, 0.2) is 65.7 Å². The average molecular weight is 388 g/mol. The van der Waals surface area contributed by atoms with Crippen molar-refractivity contribution in [2.24, 2.45) is 0 Å². The van der Waals surface area contributed by atoms with E-state index in [1.165, 1.54) is 0 Å². The van der Waals surface area contributed by atoms with Crippen LogP contribution in [0, 0.1) is 13.8 Å². The summed E-state index contributed by atoms with van der Waals surface area (Å²) in [6.07, 6.45) is 1.56. The van der Waals surface area contributed by atoms with Crippen molar-refractivity contribution in [3.05, 3.63) is 76.9 Å². The molecule has 0 aliphatic carbocycles. The Labute approximate surface area is 158 Å². The topological polar surface area (TPSA) is 71.1 Å². The number of hydrogen-bond donors (Lipinski definition) is 2. The van der Waals surface area contributed by atoms with Gasteiger partial charge in [-0.2, -0.15) is 0 Å². The van der Waals surface area contributed by atoms with Crippen molar-refractivity contribution in [1.82, 2.24) is 4.98 Å². The molecule has 0 fully saturated rings. The smallest absolute Gasteiger partial charge is 0.263 e. The van der Waals surface area contributed by atoms with Crippen molar-refractivity contribution in [1.29, 1.82) is 0 Å². The first kappa shape index (κ1) is 18.2. The molecule has 0 bridgehead atoms. The fourth-order valence-electron chi connectivity index (χ4n) is 2.45. The number of rotatable bonds is 5. The van der Waals surface area contributed by atoms with E-state index in [-0.39, 0.29) is 10.7 Å². The van der Waals surface area contributed by atoms with Crippen molar-refractivity contribution in [2.45, 2.75) is 18.7 Å². The SMILES string of the molecule is Cc1ccc(C)c(S(=O)(=O)Nc2ccc(Nc3cccc(Cl)c3)cn2)c1. The summed E-state index contributed by atoms with van der Waals surface area (Å²) in [5.41, 5.74) is 3.11. The summed E-state index contributed by atoms with van der Waals surface area (Å²) in [7, 11) is -3.69. The second kappa shape index (κ2) is 7.35. The highest BCUT2D eigenvalue weighted by Crippen LogP contribution is 2.22. The molecule has 0 aliphatic heterocycles. The molecule has 2 N–H and O–H groups in total. The fraction of sp³-hybridized carbons (Fsp3) is 0.105. The lowest BCUT2D eigenvalue weighted by atomic mass is 10.2. The highest BCUT2D eigenvalue weighted by atomic mass is 35.5. The van der Waals surface area contributed by atoms with Crippen LogP contribution >= 0.6 is 11.6 Å². The van der Waals surface area contributed by atoms with Gasteiger partial charge in [-0.15, -0.1) is 0 Å². The van der Waals surface area contributed by atoms with Gasteiger partial charge in [0.15, 0.2) is 0 Å². The van der Waals surface area contributed by atoms with Gasteiger partial charge in [0.1, 0.15) is 5.82 Å². The first-order valence-corrected chi connectivity index (χ1v) is 9.78. The molecule has 1 aromatic heterocycles. The van der Waals surface area contributed by atoms with Gasteiger partial charge in [0, 0.05) is 10.7 Å². The summed E-state index contributed by atoms with van der Waals surface area (Å²) in [5, 5.41) is 3.78. The minimum atomic E-state index is -3.69. The molecule has 0 atom stereocenters. The molecule has 3 rings (SSSR count). The number of aryl methyl sites for hydroxylation is 2. The summed E-state index contributed by atoms with van der Waals surface area (Å²) in [4.78, 5) is 4.42. The Kier molecular flexibility index (Phi) is 5.15. The summed E-state index contributed by atoms with van der Waals surface area (Å²) < 4.78 is 27.7. The Bertz CT molecular complexity index is 1030. The van der Waals surface area contributed by atoms with Crippen molar-refractivity contribution in [2.75, 3.05) is 10.0 Å². The monoisotopic (exact) mass is 387 g/mol. The lowest BCUT2D eigenvalue weighted by Crippen LogP contribution is -2.15. The number of aromatic nitrogens is 1. The van der Waals surface area contributed by atoms with Gasteiger partial charge in [0.05, 0.1) is 16.8 Å². The molecule has 0 saturated heterocycles. The van der Waals surface area contributed by atoms with Gasteiger partial charge in [0.25, 0.3) is 10.0 Å². The van der Waals surface area contributed by atoms with Gasteiger partial charge in [-0.1, -0.05) is 29.8 Å². The maximum absolute atomic E-state index is 12.6. The predicted molar refractivity (Wildman–Crippen MR) is 106 cm³/mol. The van der Waals surface area contributed by atoms with Crippen molar-refractivity contribution >= 4 is 38.8 Å². The fourth-order valence-corrected chi connectivity index (χ4v) is 3.98. The molecule has 2 aromatic carbocycles. The van der Waals surface area contributed by atoms with Crippen molar-refractivity contribution < 1.29 is 8.42 Å². The molecular weight excluding hydrogens is 370 g/mol. The molecule has 5 nitrogen and oxygen atoms in total. The maximum Gasteiger partial charge on any atom is 0.263 e. The quantitative estimate of drug-likeness (QED) is 0.653. The number of nitrogens with one attached hydrogen (secondary N) is 2. The second-order valence-electron chi connectivity index (χ2n) is 5.94. The van der Waals surface area contributed by atoms with E-state index in [9.17, 15) is 8.42 Å². The zero-order valence-corrected chi connectivity index (χ0v) is 15.9. The summed E-state index contributed by atoms with van der Waals surface area (Å²) in [6.45, 7) is 3.62. The van der Waals surface area contributed by atoms with Crippen LogP contribution in [0.4, 0.5) is 17.2 Å². The molecule has 0 saturated carbocycles. The minimum absolute atomic E-state index is 0.250. The largest absolute Gasteiger partial charge is 0.354 e. The molecule has 0 unspecified atom stereocenters. The average Bonchev–Trinajstić information content (AvgIpc) is 2.58. The molecular formula is C19H18ClN3O2S. The van der Waals surface area contributed by atoms with Crippen LogP contribution in [0.3, 0.4) is 0 Å². The standard InChI is InChI=1S/C19H18ClN3O2S/c1-13-6-7-14(2)18(10-13)26(24,25)23-19-9-8-17(12-21-19)22-16-5-3-4-15(20)11-16/h3-12,22H,1-2H3,(H,21,23). The Morgan fingerprint density at radius 1 is 0.962 bits per heavy atom. The van der Waals surface area contributed by atoms with Gasteiger partial charge in [-0.3, -0.25) is 4.72 Å². The number of pyridine rings is 1. The molecule has 0 spiro atoms. The third kappa shape index (κ3) is 4.33. The first-order chi connectivity index (χ1) is 12.3. The predicted octanol–water partition coefficient (Wildman–Crippen LogP) is 4.90. The molecule has 3 aromatic rings. The minimum Gasteiger partial charge on any atom is -0.354 e. The van der Waals surface area contributed by atoms with Crippen LogP contribution in [0.5, 0.6) is 0 Å². The Balaban J connectivity index is 1.77. The van der Waals surface area contributed by atoms with E-state index >= 15 is 0 Å². The molecule has 0 aliphatic rings. The van der Waals surface area contributed by atoms with Crippen LogP contribution in [0.2, 0.25) is 5.02 Å². The van der Waals surface area contributed by atoms with Gasteiger partial charge < -0.3 is 5.32 Å². The third-order valence-electron chi connectivity index (χ3n) is 3.75. The van der Waals surface area contributed by atoms with Crippen LogP contribution in [0.1, 0.15) is 11.1 Å². The molecule has 0 amide bonds. The van der Waals surface area contributed by atoms with E-state index in [1.54, 1.807) is 49.5 Å². The number of benzene rings is 2.